The van der Waals surface area contributed by atoms with Crippen LogP contribution >= 0.6 is 23.5 Å². The molecule has 1 aliphatic rings. The molecule has 1 rings (SSSR count). The lowest BCUT2D eigenvalue weighted by atomic mass is 9.81. The first-order chi connectivity index (χ1) is 7.60. The highest BCUT2D eigenvalue weighted by Gasteiger charge is 2.46. The van der Waals surface area contributed by atoms with Gasteiger partial charge in [-0.1, -0.05) is 6.92 Å². The predicted octanol–water partition coefficient (Wildman–Crippen LogP) is 1.71. The van der Waals surface area contributed by atoms with E-state index >= 15 is 0 Å². The second-order valence-electron chi connectivity index (χ2n) is 4.13. The number of carbonyl (C=O) groups is 1. The molecule has 1 aliphatic heterocycles. The molecule has 2 unspecified atom stereocenters. The van der Waals surface area contributed by atoms with Crippen molar-refractivity contribution in [2.24, 2.45) is 5.92 Å². The van der Waals surface area contributed by atoms with Crippen LogP contribution in [0.2, 0.25) is 0 Å². The summed E-state index contributed by atoms with van der Waals surface area (Å²) in [6.45, 7) is 2.71. The lowest BCUT2D eigenvalue weighted by Gasteiger charge is -2.41. The molecule has 0 aromatic heterocycles. The highest BCUT2D eigenvalue weighted by atomic mass is 32.2. The van der Waals surface area contributed by atoms with Crippen molar-refractivity contribution in [2.45, 2.75) is 36.4 Å². The summed E-state index contributed by atoms with van der Waals surface area (Å²) in [5.41, 5.74) is -0.886. The number of aliphatic hydroxyl groups is 1. The number of thioether (sulfide) groups is 2. The van der Waals surface area contributed by atoms with Gasteiger partial charge in [-0.15, -0.1) is 23.5 Å². The minimum Gasteiger partial charge on any atom is -0.387 e. The van der Waals surface area contributed by atoms with Gasteiger partial charge in [0.2, 0.25) is 5.91 Å². The molecule has 0 aliphatic carbocycles. The average Bonchev–Trinajstić information content (AvgIpc) is 2.30. The van der Waals surface area contributed by atoms with Gasteiger partial charge in [-0.25, -0.2) is 0 Å². The lowest BCUT2D eigenvalue weighted by Crippen LogP contribution is -2.54. The molecule has 3 nitrogen and oxygen atoms in total. The molecule has 1 fully saturated rings. The predicted molar refractivity (Wildman–Crippen MR) is 71.8 cm³/mol. The first kappa shape index (κ1) is 14.2. The van der Waals surface area contributed by atoms with E-state index < -0.39 is 5.60 Å². The maximum Gasteiger partial charge on any atom is 0.226 e. The van der Waals surface area contributed by atoms with Gasteiger partial charge in [0, 0.05) is 6.54 Å². The third kappa shape index (κ3) is 2.68. The Morgan fingerprint density at radius 2 is 2.19 bits per heavy atom. The summed E-state index contributed by atoms with van der Waals surface area (Å²) < 4.78 is 0.0614. The summed E-state index contributed by atoms with van der Waals surface area (Å²) in [6.07, 6.45) is 6.37. The third-order valence-electron chi connectivity index (χ3n) is 3.29. The van der Waals surface area contributed by atoms with Crippen LogP contribution in [0, 0.1) is 5.92 Å². The zero-order valence-corrected chi connectivity index (χ0v) is 11.8. The van der Waals surface area contributed by atoms with Crippen molar-refractivity contribution in [1.29, 1.82) is 0 Å². The first-order valence-corrected chi connectivity index (χ1v) is 8.23. The fourth-order valence-electron chi connectivity index (χ4n) is 2.33. The first-order valence-electron chi connectivity index (χ1n) is 5.65. The highest BCUT2D eigenvalue weighted by molar-refractivity contribution is 8.16. The SMILES string of the molecule is CCC(O)(C(SC)SC)C1CCCNC1=O. The van der Waals surface area contributed by atoms with Gasteiger partial charge in [-0.3, -0.25) is 4.79 Å². The summed E-state index contributed by atoms with van der Waals surface area (Å²) in [5, 5.41) is 13.6. The zero-order chi connectivity index (χ0) is 12.2. The Labute approximate surface area is 106 Å². The maximum absolute atomic E-state index is 11.8. The fraction of sp³-hybridized carbons (Fsp3) is 0.909. The van der Waals surface area contributed by atoms with Crippen LogP contribution in [0.1, 0.15) is 26.2 Å². The molecule has 5 heteroatoms. The zero-order valence-electron chi connectivity index (χ0n) is 10.2. The largest absolute Gasteiger partial charge is 0.387 e. The fourth-order valence-corrected chi connectivity index (χ4v) is 4.58. The molecule has 0 saturated carbocycles. The molecule has 0 bridgehead atoms. The minimum atomic E-state index is -0.886. The van der Waals surface area contributed by atoms with Crippen molar-refractivity contribution in [3.8, 4) is 0 Å². The van der Waals surface area contributed by atoms with Gasteiger partial charge in [-0.05, 0) is 31.8 Å². The van der Waals surface area contributed by atoms with Gasteiger partial charge < -0.3 is 10.4 Å². The van der Waals surface area contributed by atoms with Crippen LogP contribution in [-0.4, -0.2) is 40.3 Å². The van der Waals surface area contributed by atoms with Crippen molar-refractivity contribution in [2.75, 3.05) is 19.1 Å². The number of amides is 1. The molecule has 1 saturated heterocycles. The van der Waals surface area contributed by atoms with Gasteiger partial charge >= 0.3 is 0 Å². The summed E-state index contributed by atoms with van der Waals surface area (Å²) in [5.74, 6) is -0.236. The molecule has 0 aromatic carbocycles. The smallest absolute Gasteiger partial charge is 0.226 e. The number of rotatable bonds is 5. The van der Waals surface area contributed by atoms with E-state index in [0.717, 1.165) is 19.4 Å². The van der Waals surface area contributed by atoms with E-state index in [1.807, 2.05) is 19.4 Å². The van der Waals surface area contributed by atoms with E-state index in [4.69, 9.17) is 0 Å². The standard InChI is InChI=1S/C11H21NO2S2/c1-4-11(14,10(15-2)16-3)8-6-5-7-12-9(8)13/h8,10,14H,4-7H2,1-3H3,(H,12,13). The Morgan fingerprint density at radius 3 is 2.62 bits per heavy atom. The number of carbonyl (C=O) groups excluding carboxylic acids is 1. The van der Waals surface area contributed by atoms with E-state index in [9.17, 15) is 9.90 Å². The number of nitrogens with one attached hydrogen (secondary N) is 1. The van der Waals surface area contributed by atoms with E-state index in [2.05, 4.69) is 5.32 Å². The minimum absolute atomic E-state index is 0.0173. The van der Waals surface area contributed by atoms with Gasteiger partial charge in [0.1, 0.15) is 0 Å². The van der Waals surface area contributed by atoms with Crippen molar-refractivity contribution in [3.63, 3.8) is 0 Å². The Morgan fingerprint density at radius 1 is 1.56 bits per heavy atom. The van der Waals surface area contributed by atoms with Crippen molar-refractivity contribution in [1.82, 2.24) is 5.32 Å². The Bertz CT molecular complexity index is 246. The van der Waals surface area contributed by atoms with Gasteiger partial charge in [0.25, 0.3) is 0 Å². The van der Waals surface area contributed by atoms with Crippen LogP contribution < -0.4 is 5.32 Å². The van der Waals surface area contributed by atoms with E-state index in [-0.39, 0.29) is 16.4 Å². The quantitative estimate of drug-likeness (QED) is 0.741. The molecule has 16 heavy (non-hydrogen) atoms. The molecule has 1 heterocycles. The van der Waals surface area contributed by atoms with E-state index in [1.165, 1.54) is 0 Å². The number of piperidine rings is 1. The van der Waals surface area contributed by atoms with Gasteiger partial charge in [0.15, 0.2) is 0 Å². The second-order valence-corrected chi connectivity index (χ2v) is 6.32. The average molecular weight is 263 g/mol. The topological polar surface area (TPSA) is 49.3 Å². The van der Waals surface area contributed by atoms with Crippen LogP contribution in [0.5, 0.6) is 0 Å². The van der Waals surface area contributed by atoms with Gasteiger partial charge in [0.05, 0.1) is 16.1 Å². The van der Waals surface area contributed by atoms with E-state index in [1.54, 1.807) is 23.5 Å². The Balaban J connectivity index is 2.88. The monoisotopic (exact) mass is 263 g/mol. The summed E-state index contributed by atoms with van der Waals surface area (Å²) in [6, 6.07) is 0. The Hall–Kier alpha value is 0.130. The third-order valence-corrected chi connectivity index (χ3v) is 6.12. The molecule has 0 radical (unpaired) electrons. The van der Waals surface area contributed by atoms with Gasteiger partial charge in [-0.2, -0.15) is 0 Å². The molecule has 94 valence electrons. The summed E-state index contributed by atoms with van der Waals surface area (Å²) >= 11 is 3.26. The second kappa shape index (κ2) is 6.17. The molecule has 2 N–H and O–H groups in total. The molecular weight excluding hydrogens is 242 g/mol. The Kier molecular flexibility index (Phi) is 5.47. The van der Waals surface area contributed by atoms with Crippen LogP contribution in [-0.2, 0) is 4.79 Å². The molecule has 0 aromatic rings. The molecule has 2 atom stereocenters. The van der Waals surface area contributed by atoms with Crippen LogP contribution in [0.4, 0.5) is 0 Å². The maximum atomic E-state index is 11.8. The number of hydrogen-bond donors (Lipinski definition) is 2. The van der Waals surface area contributed by atoms with Crippen LogP contribution in [0.25, 0.3) is 0 Å². The van der Waals surface area contributed by atoms with Crippen LogP contribution in [0.3, 0.4) is 0 Å². The number of hydrogen-bond acceptors (Lipinski definition) is 4. The van der Waals surface area contributed by atoms with E-state index in [0.29, 0.717) is 6.42 Å². The molecule has 1 amide bonds. The van der Waals surface area contributed by atoms with Crippen LogP contribution in [0.15, 0.2) is 0 Å². The lowest BCUT2D eigenvalue weighted by molar-refractivity contribution is -0.136. The normalized spacial score (nSPS) is 25.3. The summed E-state index contributed by atoms with van der Waals surface area (Å²) in [7, 11) is 0. The molecular formula is C11H21NO2S2. The highest BCUT2D eigenvalue weighted by Crippen LogP contribution is 2.40. The van der Waals surface area contributed by atoms with Crippen molar-refractivity contribution < 1.29 is 9.90 Å². The van der Waals surface area contributed by atoms with Crippen molar-refractivity contribution >= 4 is 29.4 Å². The molecule has 0 spiro atoms. The van der Waals surface area contributed by atoms with Crippen molar-refractivity contribution in [3.05, 3.63) is 0 Å². The summed E-state index contributed by atoms with van der Waals surface area (Å²) in [4.78, 5) is 11.8.